The van der Waals surface area contributed by atoms with Gasteiger partial charge in [0.2, 0.25) is 11.7 Å². The summed E-state index contributed by atoms with van der Waals surface area (Å²) in [4.78, 5) is 32.4. The third kappa shape index (κ3) is 5.26. The first-order chi connectivity index (χ1) is 16.2. The lowest BCUT2D eigenvalue weighted by atomic mass is 10.1. The predicted molar refractivity (Wildman–Crippen MR) is 125 cm³/mol. The van der Waals surface area contributed by atoms with Crippen molar-refractivity contribution in [1.29, 1.82) is 0 Å². The topological polar surface area (TPSA) is 72.0 Å². The van der Waals surface area contributed by atoms with Crippen molar-refractivity contribution in [1.82, 2.24) is 9.97 Å². The molecule has 0 aliphatic rings. The Morgan fingerprint density at radius 1 is 0.912 bits per heavy atom. The first-order valence-electron chi connectivity index (χ1n) is 10.2. The zero-order chi connectivity index (χ0) is 24.3. The van der Waals surface area contributed by atoms with Crippen molar-refractivity contribution in [2.45, 2.75) is 23.4 Å². The number of fused-ring (bicyclic) bond motifs is 1. The molecule has 34 heavy (non-hydrogen) atoms. The molecule has 4 aromatic rings. The number of carbonyl (C=O) groups is 2. The Hall–Kier alpha value is -3.72. The second kappa shape index (κ2) is 9.64. The molecule has 1 N–H and O–H groups in total. The van der Waals surface area contributed by atoms with E-state index in [1.165, 1.54) is 13.0 Å². The Kier molecular flexibility index (Phi) is 6.65. The van der Waals surface area contributed by atoms with Gasteiger partial charge in [-0.15, -0.1) is 0 Å². The smallest absolute Gasteiger partial charge is 0.325 e. The first kappa shape index (κ1) is 23.4. The number of amides is 1. The van der Waals surface area contributed by atoms with Crippen LogP contribution >= 0.6 is 11.8 Å². The van der Waals surface area contributed by atoms with E-state index in [-0.39, 0.29) is 16.3 Å². The number of ketones is 1. The number of Topliss-reactive ketones (excluding diaryl/α,β-unsaturated/α-hetero) is 1. The van der Waals surface area contributed by atoms with Gasteiger partial charge in [-0.1, -0.05) is 72.4 Å². The number of para-hydroxylation sites is 1. The zero-order valence-electron chi connectivity index (χ0n) is 17.8. The summed E-state index contributed by atoms with van der Waals surface area (Å²) in [5, 5.41) is 2.31. The molecule has 1 atom stereocenters. The first-order valence-corrected chi connectivity index (χ1v) is 11.1. The van der Waals surface area contributed by atoms with Crippen molar-refractivity contribution in [3.63, 3.8) is 0 Å². The molecule has 0 aliphatic carbocycles. The van der Waals surface area contributed by atoms with Crippen LogP contribution in [0.3, 0.4) is 0 Å². The van der Waals surface area contributed by atoms with Crippen LogP contribution in [0, 0.1) is 0 Å². The summed E-state index contributed by atoms with van der Waals surface area (Å²) in [5.74, 6) is -1.89. The Balaban J connectivity index is 1.75. The van der Waals surface area contributed by atoms with Gasteiger partial charge in [0.25, 0.3) is 0 Å². The van der Waals surface area contributed by atoms with E-state index in [1.807, 2.05) is 0 Å². The maximum absolute atomic E-state index is 13.5. The second-order valence-corrected chi connectivity index (χ2v) is 8.50. The van der Waals surface area contributed by atoms with Gasteiger partial charge >= 0.3 is 6.18 Å². The van der Waals surface area contributed by atoms with Crippen LogP contribution in [0.15, 0.2) is 83.9 Å². The monoisotopic (exact) mass is 481 g/mol. The molecular formula is C25H18F3N3O2S. The van der Waals surface area contributed by atoms with Crippen LogP contribution in [0.5, 0.6) is 0 Å². The summed E-state index contributed by atoms with van der Waals surface area (Å²) >= 11 is 0.909. The summed E-state index contributed by atoms with van der Waals surface area (Å²) in [7, 11) is 0. The quantitative estimate of drug-likeness (QED) is 0.198. The minimum atomic E-state index is -4.74. The van der Waals surface area contributed by atoms with E-state index < -0.39 is 23.2 Å². The highest BCUT2D eigenvalue weighted by molar-refractivity contribution is 8.00. The number of carbonyl (C=O) groups excluding carboxylic acids is 2. The van der Waals surface area contributed by atoms with Crippen molar-refractivity contribution in [3.8, 4) is 0 Å². The number of aromatic nitrogens is 2. The van der Waals surface area contributed by atoms with E-state index in [9.17, 15) is 22.8 Å². The van der Waals surface area contributed by atoms with E-state index in [1.54, 1.807) is 72.8 Å². The minimum absolute atomic E-state index is 0.0411. The van der Waals surface area contributed by atoms with E-state index in [0.717, 1.165) is 11.8 Å². The lowest BCUT2D eigenvalue weighted by Gasteiger charge is -2.18. The molecule has 5 nitrogen and oxygen atoms in total. The maximum Gasteiger partial charge on any atom is 0.451 e. The molecule has 3 aromatic carbocycles. The van der Waals surface area contributed by atoms with Crippen molar-refractivity contribution < 1.29 is 22.8 Å². The number of nitrogens with zero attached hydrogens (tertiary/aromatic N) is 2. The number of thioether (sulfide) groups is 1. The number of halogens is 3. The van der Waals surface area contributed by atoms with Gasteiger partial charge in [-0.2, -0.15) is 13.2 Å². The number of rotatable bonds is 6. The summed E-state index contributed by atoms with van der Waals surface area (Å²) in [6.45, 7) is 1.42. The average molecular weight is 481 g/mol. The molecule has 1 amide bonds. The minimum Gasteiger partial charge on any atom is -0.325 e. The molecule has 9 heteroatoms. The van der Waals surface area contributed by atoms with Crippen LogP contribution in [0.25, 0.3) is 10.9 Å². The van der Waals surface area contributed by atoms with Crippen LogP contribution in [0.1, 0.15) is 33.9 Å². The highest BCUT2D eigenvalue weighted by atomic mass is 32.2. The molecule has 0 saturated carbocycles. The highest BCUT2D eigenvalue weighted by Crippen LogP contribution is 2.40. The molecule has 0 aliphatic heterocycles. The number of nitrogens with one attached hydrogen (secondary N) is 1. The molecule has 1 heterocycles. The molecule has 0 unspecified atom stereocenters. The lowest BCUT2D eigenvalue weighted by Crippen LogP contribution is -2.20. The molecule has 0 radical (unpaired) electrons. The second-order valence-electron chi connectivity index (χ2n) is 7.40. The van der Waals surface area contributed by atoms with Crippen LogP contribution in [0.2, 0.25) is 0 Å². The van der Waals surface area contributed by atoms with Crippen LogP contribution < -0.4 is 5.32 Å². The maximum atomic E-state index is 13.5. The summed E-state index contributed by atoms with van der Waals surface area (Å²) in [6.07, 6.45) is -4.74. The molecule has 1 aromatic heterocycles. The van der Waals surface area contributed by atoms with Crippen LogP contribution in [-0.4, -0.2) is 21.7 Å². The summed E-state index contributed by atoms with van der Waals surface area (Å²) < 4.78 is 40.4. The van der Waals surface area contributed by atoms with Gasteiger partial charge in [0.15, 0.2) is 5.78 Å². The van der Waals surface area contributed by atoms with Crippen molar-refractivity contribution in [3.05, 3.63) is 95.8 Å². The predicted octanol–water partition coefficient (Wildman–Crippen LogP) is 6.32. The third-order valence-corrected chi connectivity index (χ3v) is 6.18. The molecule has 0 bridgehead atoms. The van der Waals surface area contributed by atoms with Gasteiger partial charge in [-0.05, 0) is 30.7 Å². The average Bonchev–Trinajstić information content (AvgIpc) is 2.82. The van der Waals surface area contributed by atoms with Gasteiger partial charge in [0.1, 0.15) is 10.3 Å². The SMILES string of the molecule is CC(=O)c1cccc(NC(=O)[C@@H](Sc2nc(C(F)(F)F)nc3ccccc23)c2ccccc2)c1. The van der Waals surface area contributed by atoms with Gasteiger partial charge in [-0.3, -0.25) is 9.59 Å². The van der Waals surface area contributed by atoms with Gasteiger partial charge < -0.3 is 5.32 Å². The Labute approximate surface area is 197 Å². The fraction of sp³-hybridized carbons (Fsp3) is 0.120. The molecule has 172 valence electrons. The summed E-state index contributed by atoms with van der Waals surface area (Å²) in [5.41, 5.74) is 1.55. The fourth-order valence-electron chi connectivity index (χ4n) is 3.30. The zero-order valence-corrected chi connectivity index (χ0v) is 18.7. The third-order valence-electron chi connectivity index (χ3n) is 4.93. The molecule has 0 spiro atoms. The number of hydrogen-bond acceptors (Lipinski definition) is 5. The highest BCUT2D eigenvalue weighted by Gasteiger charge is 2.36. The van der Waals surface area contributed by atoms with Gasteiger partial charge in [-0.25, -0.2) is 9.97 Å². The normalized spacial score (nSPS) is 12.4. The summed E-state index contributed by atoms with van der Waals surface area (Å²) in [6, 6.07) is 21.5. The largest absolute Gasteiger partial charge is 0.451 e. The Morgan fingerprint density at radius 2 is 1.62 bits per heavy atom. The number of anilines is 1. The van der Waals surface area contributed by atoms with Gasteiger partial charge in [0.05, 0.1) is 5.52 Å². The van der Waals surface area contributed by atoms with Crippen LogP contribution in [0.4, 0.5) is 18.9 Å². The number of benzene rings is 3. The number of alkyl halides is 3. The molecule has 4 rings (SSSR count). The fourth-order valence-corrected chi connectivity index (χ4v) is 4.42. The van der Waals surface area contributed by atoms with E-state index in [0.29, 0.717) is 22.2 Å². The van der Waals surface area contributed by atoms with Crippen molar-refractivity contribution in [2.75, 3.05) is 5.32 Å². The van der Waals surface area contributed by atoms with E-state index in [4.69, 9.17) is 0 Å². The molecule has 0 saturated heterocycles. The molecule has 0 fully saturated rings. The standard InChI is InChI=1S/C25H18F3N3O2S/c1-15(32)17-10-7-11-18(14-17)29-22(33)21(16-8-3-2-4-9-16)34-23-19-12-5-6-13-20(19)30-24(31-23)25(26,27)28/h2-14,21H,1H3,(H,29,33)/t21-/m0/s1. The van der Waals surface area contributed by atoms with Crippen molar-refractivity contribution in [2.24, 2.45) is 0 Å². The van der Waals surface area contributed by atoms with Crippen LogP contribution in [-0.2, 0) is 11.0 Å². The Morgan fingerprint density at radius 3 is 2.32 bits per heavy atom. The van der Waals surface area contributed by atoms with E-state index >= 15 is 0 Å². The van der Waals surface area contributed by atoms with E-state index in [2.05, 4.69) is 15.3 Å². The Bertz CT molecular complexity index is 1360. The lowest BCUT2D eigenvalue weighted by molar-refractivity contribution is -0.145. The molecular weight excluding hydrogens is 463 g/mol. The number of hydrogen-bond donors (Lipinski definition) is 1. The van der Waals surface area contributed by atoms with Crippen molar-refractivity contribution >= 4 is 40.0 Å². The van der Waals surface area contributed by atoms with Gasteiger partial charge in [0, 0.05) is 16.6 Å².